The van der Waals surface area contributed by atoms with Crippen LogP contribution in [0.15, 0.2) is 0 Å². The molecular weight excluding hydrogens is 168 g/mol. The highest BCUT2D eigenvalue weighted by atomic mass is 16.5. The summed E-state index contributed by atoms with van der Waals surface area (Å²) in [5, 5.41) is 0. The minimum atomic E-state index is -0.231. The van der Waals surface area contributed by atoms with Crippen molar-refractivity contribution in [3.8, 4) is 0 Å². The molecule has 4 heteroatoms. The van der Waals surface area contributed by atoms with Crippen molar-refractivity contribution in [3.63, 3.8) is 0 Å². The molecule has 1 heterocycles. The van der Waals surface area contributed by atoms with E-state index in [1.807, 2.05) is 6.92 Å². The Balaban J connectivity index is 2.46. The Morgan fingerprint density at radius 3 is 2.92 bits per heavy atom. The molecule has 1 amide bonds. The predicted octanol–water partition coefficient (Wildman–Crippen LogP) is 0.812. The Morgan fingerprint density at radius 1 is 1.69 bits per heavy atom. The first kappa shape index (κ1) is 10.3. The summed E-state index contributed by atoms with van der Waals surface area (Å²) in [6.07, 6.45) is 1.91. The number of carbonyl (C=O) groups excluding carboxylic acids is 1. The monoisotopic (exact) mass is 186 g/mol. The normalized spacial score (nSPS) is 25.5. The number of ether oxygens (including phenoxy) is 1. The summed E-state index contributed by atoms with van der Waals surface area (Å²) in [7, 11) is 1.41. The minimum Gasteiger partial charge on any atom is -0.453 e. The molecular formula is C9H18N2O2. The van der Waals surface area contributed by atoms with Gasteiger partial charge in [0.05, 0.1) is 7.11 Å². The van der Waals surface area contributed by atoms with Crippen molar-refractivity contribution >= 4 is 6.09 Å². The number of hydrogen-bond acceptors (Lipinski definition) is 3. The third-order valence-electron chi connectivity index (χ3n) is 2.63. The van der Waals surface area contributed by atoms with Gasteiger partial charge in [-0.15, -0.1) is 0 Å². The summed E-state index contributed by atoms with van der Waals surface area (Å²) < 4.78 is 4.66. The Bertz CT molecular complexity index is 182. The number of amides is 1. The topological polar surface area (TPSA) is 55.6 Å². The predicted molar refractivity (Wildman–Crippen MR) is 50.4 cm³/mol. The summed E-state index contributed by atoms with van der Waals surface area (Å²) in [5.74, 6) is 0.424. The van der Waals surface area contributed by atoms with Gasteiger partial charge >= 0.3 is 6.09 Å². The second-order valence-corrected chi connectivity index (χ2v) is 3.68. The fourth-order valence-electron chi connectivity index (χ4n) is 1.73. The van der Waals surface area contributed by atoms with Crippen molar-refractivity contribution in [2.75, 3.05) is 20.2 Å². The lowest BCUT2D eigenvalue weighted by atomic mass is 9.92. The SMILES string of the molecule is COC(=O)N1CCC[C@@H]([C@@H](C)N)C1. The van der Waals surface area contributed by atoms with Crippen LogP contribution in [0.1, 0.15) is 19.8 Å². The van der Waals surface area contributed by atoms with E-state index in [-0.39, 0.29) is 12.1 Å². The van der Waals surface area contributed by atoms with E-state index in [1.165, 1.54) is 7.11 Å². The Kier molecular flexibility index (Phi) is 3.54. The second kappa shape index (κ2) is 4.46. The zero-order chi connectivity index (χ0) is 9.84. The molecule has 1 aliphatic heterocycles. The van der Waals surface area contributed by atoms with Gasteiger partial charge in [0.1, 0.15) is 0 Å². The summed E-state index contributed by atoms with van der Waals surface area (Å²) in [6.45, 7) is 3.53. The van der Waals surface area contributed by atoms with E-state index in [4.69, 9.17) is 5.73 Å². The minimum absolute atomic E-state index is 0.160. The molecule has 13 heavy (non-hydrogen) atoms. The molecule has 4 nitrogen and oxygen atoms in total. The molecule has 76 valence electrons. The van der Waals surface area contributed by atoms with Gasteiger partial charge in [-0.2, -0.15) is 0 Å². The highest BCUT2D eigenvalue weighted by Gasteiger charge is 2.25. The highest BCUT2D eigenvalue weighted by Crippen LogP contribution is 2.18. The van der Waals surface area contributed by atoms with E-state index >= 15 is 0 Å². The van der Waals surface area contributed by atoms with Gasteiger partial charge in [-0.05, 0) is 25.7 Å². The van der Waals surface area contributed by atoms with Gasteiger partial charge in [0.15, 0.2) is 0 Å². The third-order valence-corrected chi connectivity index (χ3v) is 2.63. The van der Waals surface area contributed by atoms with Crippen LogP contribution in [0, 0.1) is 5.92 Å². The number of nitrogens with zero attached hydrogens (tertiary/aromatic N) is 1. The molecule has 0 saturated carbocycles. The summed E-state index contributed by atoms with van der Waals surface area (Å²) in [4.78, 5) is 12.9. The van der Waals surface area contributed by atoms with Gasteiger partial charge in [-0.25, -0.2) is 4.79 Å². The summed E-state index contributed by atoms with van der Waals surface area (Å²) in [5.41, 5.74) is 5.79. The second-order valence-electron chi connectivity index (χ2n) is 3.68. The maximum Gasteiger partial charge on any atom is 0.409 e. The van der Waals surface area contributed by atoms with Crippen molar-refractivity contribution in [2.24, 2.45) is 11.7 Å². The Morgan fingerprint density at radius 2 is 2.38 bits per heavy atom. The van der Waals surface area contributed by atoms with Crippen molar-refractivity contribution in [1.82, 2.24) is 4.90 Å². The first-order chi connectivity index (χ1) is 6.15. The van der Waals surface area contributed by atoms with E-state index in [1.54, 1.807) is 4.90 Å². The summed E-state index contributed by atoms with van der Waals surface area (Å²) in [6, 6.07) is 0.160. The highest BCUT2D eigenvalue weighted by molar-refractivity contribution is 5.67. The fraction of sp³-hybridized carbons (Fsp3) is 0.889. The fourth-order valence-corrected chi connectivity index (χ4v) is 1.73. The van der Waals surface area contributed by atoms with Crippen LogP contribution in [0.2, 0.25) is 0 Å². The smallest absolute Gasteiger partial charge is 0.409 e. The number of methoxy groups -OCH3 is 1. The van der Waals surface area contributed by atoms with Crippen molar-refractivity contribution in [1.29, 1.82) is 0 Å². The largest absolute Gasteiger partial charge is 0.453 e. The van der Waals surface area contributed by atoms with E-state index in [2.05, 4.69) is 4.74 Å². The number of hydrogen-bond donors (Lipinski definition) is 1. The van der Waals surface area contributed by atoms with Gasteiger partial charge in [0, 0.05) is 19.1 Å². The standard InChI is InChI=1S/C9H18N2O2/c1-7(10)8-4-3-5-11(6-8)9(12)13-2/h7-8H,3-6,10H2,1-2H3/t7-,8-/m1/s1. The third kappa shape index (κ3) is 2.59. The molecule has 0 aromatic rings. The Labute approximate surface area is 79.0 Å². The molecule has 0 unspecified atom stereocenters. The lowest BCUT2D eigenvalue weighted by Gasteiger charge is -2.33. The van der Waals surface area contributed by atoms with E-state index in [0.717, 1.165) is 25.9 Å². The molecule has 0 aromatic heterocycles. The van der Waals surface area contributed by atoms with Crippen LogP contribution in [0.5, 0.6) is 0 Å². The van der Waals surface area contributed by atoms with Crippen LogP contribution in [-0.2, 0) is 4.74 Å². The van der Waals surface area contributed by atoms with Gasteiger partial charge in [-0.3, -0.25) is 0 Å². The molecule has 0 aromatic carbocycles. The van der Waals surface area contributed by atoms with Crippen LogP contribution in [0.4, 0.5) is 4.79 Å². The first-order valence-corrected chi connectivity index (χ1v) is 4.73. The number of rotatable bonds is 1. The average molecular weight is 186 g/mol. The zero-order valence-electron chi connectivity index (χ0n) is 8.32. The number of likely N-dealkylation sites (tertiary alicyclic amines) is 1. The number of carbonyl (C=O) groups is 1. The lowest BCUT2D eigenvalue weighted by molar-refractivity contribution is 0.0986. The number of nitrogens with two attached hydrogens (primary N) is 1. The van der Waals surface area contributed by atoms with Crippen LogP contribution in [-0.4, -0.2) is 37.2 Å². The van der Waals surface area contributed by atoms with Gasteiger partial charge in [-0.1, -0.05) is 0 Å². The molecule has 2 N–H and O–H groups in total. The molecule has 2 atom stereocenters. The van der Waals surface area contributed by atoms with Crippen LogP contribution in [0.3, 0.4) is 0 Å². The maximum absolute atomic E-state index is 11.2. The zero-order valence-corrected chi connectivity index (χ0v) is 8.32. The van der Waals surface area contributed by atoms with Gasteiger partial charge < -0.3 is 15.4 Å². The first-order valence-electron chi connectivity index (χ1n) is 4.73. The quantitative estimate of drug-likeness (QED) is 0.659. The van der Waals surface area contributed by atoms with E-state index < -0.39 is 0 Å². The maximum atomic E-state index is 11.2. The molecule has 0 radical (unpaired) electrons. The van der Waals surface area contributed by atoms with Crippen LogP contribution < -0.4 is 5.73 Å². The average Bonchev–Trinajstić information content (AvgIpc) is 2.17. The van der Waals surface area contributed by atoms with Crippen molar-refractivity contribution < 1.29 is 9.53 Å². The number of piperidine rings is 1. The summed E-state index contributed by atoms with van der Waals surface area (Å²) >= 11 is 0. The molecule has 0 bridgehead atoms. The van der Waals surface area contributed by atoms with E-state index in [9.17, 15) is 4.79 Å². The molecule has 1 aliphatic rings. The molecule has 1 fully saturated rings. The van der Waals surface area contributed by atoms with Gasteiger partial charge in [0.2, 0.25) is 0 Å². The van der Waals surface area contributed by atoms with Crippen molar-refractivity contribution in [2.45, 2.75) is 25.8 Å². The van der Waals surface area contributed by atoms with E-state index in [0.29, 0.717) is 5.92 Å². The van der Waals surface area contributed by atoms with Crippen LogP contribution >= 0.6 is 0 Å². The molecule has 0 spiro atoms. The molecule has 1 saturated heterocycles. The lowest BCUT2D eigenvalue weighted by Crippen LogP contribution is -2.44. The van der Waals surface area contributed by atoms with Crippen molar-refractivity contribution in [3.05, 3.63) is 0 Å². The Hall–Kier alpha value is -0.770. The molecule has 0 aliphatic carbocycles. The molecule has 1 rings (SSSR count). The van der Waals surface area contributed by atoms with Gasteiger partial charge in [0.25, 0.3) is 0 Å². The van der Waals surface area contributed by atoms with Crippen LogP contribution in [0.25, 0.3) is 0 Å².